The second kappa shape index (κ2) is 18.4. The Morgan fingerprint density at radius 2 is 1.69 bits per heavy atom. The number of halogens is 1. The molecule has 0 aliphatic rings. The Labute approximate surface area is 215 Å². The van der Waals surface area contributed by atoms with Crippen LogP contribution in [0.4, 0.5) is 0 Å². The molecule has 35 heavy (non-hydrogen) atoms. The molecule has 202 valence electrons. The summed E-state index contributed by atoms with van der Waals surface area (Å²) in [6.45, 7) is 7.37. The second-order valence-corrected chi connectivity index (χ2v) is 8.85. The Morgan fingerprint density at radius 3 is 2.31 bits per heavy atom. The van der Waals surface area contributed by atoms with Crippen LogP contribution in [0.2, 0.25) is 0 Å². The number of ether oxygens (including phenoxy) is 3. The maximum atomic E-state index is 12.9. The Morgan fingerprint density at radius 1 is 1.03 bits per heavy atom. The molecule has 1 aromatic carbocycles. The van der Waals surface area contributed by atoms with Crippen LogP contribution < -0.4 is 21.1 Å². The number of methoxy groups -OCH3 is 2. The summed E-state index contributed by atoms with van der Waals surface area (Å²) in [5.41, 5.74) is 6.69. The van der Waals surface area contributed by atoms with Crippen molar-refractivity contribution in [1.29, 1.82) is 0 Å². The summed E-state index contributed by atoms with van der Waals surface area (Å²) in [5.74, 6) is 0.305. The summed E-state index contributed by atoms with van der Waals surface area (Å²) >= 11 is 0. The molecule has 0 radical (unpaired) electrons. The Balaban J connectivity index is 0.0000116. The van der Waals surface area contributed by atoms with E-state index in [9.17, 15) is 14.7 Å². The highest BCUT2D eigenvalue weighted by molar-refractivity contribution is 5.96. The highest BCUT2D eigenvalue weighted by Gasteiger charge is 2.24. The minimum atomic E-state index is -0.905. The number of amides is 2. The maximum absolute atomic E-state index is 12.9. The molecule has 0 aromatic heterocycles. The van der Waals surface area contributed by atoms with E-state index in [0.717, 1.165) is 12.8 Å². The third-order valence-electron chi connectivity index (χ3n) is 5.88. The average Bonchev–Trinajstić information content (AvgIpc) is 2.83. The first-order valence-electron chi connectivity index (χ1n) is 11.9. The molecule has 4 atom stereocenters. The lowest BCUT2D eigenvalue weighted by Crippen LogP contribution is -2.47. The Kier molecular flexibility index (Phi) is 17.4. The van der Waals surface area contributed by atoms with Gasteiger partial charge in [-0.15, -0.1) is 12.4 Å². The van der Waals surface area contributed by atoms with Gasteiger partial charge in [-0.3, -0.25) is 9.59 Å². The first-order valence-corrected chi connectivity index (χ1v) is 11.9. The number of hydrogen-bond donors (Lipinski definition) is 4. The fourth-order valence-electron chi connectivity index (χ4n) is 3.33. The van der Waals surface area contributed by atoms with Gasteiger partial charge < -0.3 is 35.7 Å². The van der Waals surface area contributed by atoms with Gasteiger partial charge in [0.2, 0.25) is 5.91 Å². The molecule has 1 aromatic rings. The van der Waals surface area contributed by atoms with Crippen LogP contribution in [0.25, 0.3) is 0 Å². The number of rotatable bonds is 17. The molecule has 2 amide bonds. The summed E-state index contributed by atoms with van der Waals surface area (Å²) in [7, 11) is 3.11. The SMILES string of the molecule is COCCCCOc1ccccc1C(=O)NCC(CC(N)C(O)CNC(=O)C(C)OC)C(C)C.Cl. The number of benzene rings is 1. The van der Waals surface area contributed by atoms with Crippen molar-refractivity contribution >= 4 is 24.2 Å². The van der Waals surface area contributed by atoms with E-state index in [4.69, 9.17) is 19.9 Å². The van der Waals surface area contributed by atoms with E-state index >= 15 is 0 Å². The molecular formula is C25H44ClN3O6. The maximum Gasteiger partial charge on any atom is 0.255 e. The van der Waals surface area contributed by atoms with Crippen LogP contribution in [-0.2, 0) is 14.3 Å². The van der Waals surface area contributed by atoms with Gasteiger partial charge in [0.15, 0.2) is 0 Å². The molecule has 0 heterocycles. The molecule has 1 rings (SSSR count). The first kappa shape index (κ1) is 33.1. The highest BCUT2D eigenvalue weighted by atomic mass is 35.5. The lowest BCUT2D eigenvalue weighted by Gasteiger charge is -2.27. The Bertz CT molecular complexity index is 737. The number of unbranched alkanes of at least 4 members (excludes halogenated alkanes) is 1. The van der Waals surface area contributed by atoms with E-state index in [1.165, 1.54) is 7.11 Å². The summed E-state index contributed by atoms with van der Waals surface area (Å²) in [4.78, 5) is 24.7. The standard InChI is InChI=1S/C25H43N3O6.ClH/c1-17(2)19(14-21(26)22(29)16-28-24(30)18(3)33-5)15-27-25(31)20-10-6-7-11-23(20)34-13-9-8-12-32-4;/h6-7,10-11,17-19,21-22,29H,8-9,12-16,26H2,1-5H3,(H,27,31)(H,28,30);1H. The fraction of sp³-hybridized carbons (Fsp3) is 0.680. The first-order chi connectivity index (χ1) is 16.2. The number of aliphatic hydroxyl groups excluding tert-OH is 1. The predicted octanol–water partition coefficient (Wildman–Crippen LogP) is 2.15. The molecular weight excluding hydrogens is 474 g/mol. The number of nitrogens with one attached hydrogen (secondary N) is 2. The van der Waals surface area contributed by atoms with Crippen molar-refractivity contribution in [2.75, 3.05) is 40.5 Å². The zero-order valence-electron chi connectivity index (χ0n) is 21.6. The van der Waals surface area contributed by atoms with Crippen LogP contribution in [-0.4, -0.2) is 75.7 Å². The van der Waals surface area contributed by atoms with Crippen LogP contribution in [0.3, 0.4) is 0 Å². The van der Waals surface area contributed by atoms with Crippen molar-refractivity contribution in [1.82, 2.24) is 10.6 Å². The molecule has 0 aliphatic heterocycles. The normalized spacial score (nSPS) is 14.4. The number of aliphatic hydroxyl groups is 1. The fourth-order valence-corrected chi connectivity index (χ4v) is 3.33. The van der Waals surface area contributed by atoms with E-state index in [2.05, 4.69) is 24.5 Å². The van der Waals surface area contributed by atoms with Gasteiger partial charge in [-0.2, -0.15) is 0 Å². The molecule has 0 aliphatic carbocycles. The summed E-state index contributed by atoms with van der Waals surface area (Å²) < 4.78 is 15.8. The van der Waals surface area contributed by atoms with Crippen molar-refractivity contribution in [3.63, 3.8) is 0 Å². The van der Waals surface area contributed by atoms with Crippen molar-refractivity contribution < 1.29 is 28.9 Å². The second-order valence-electron chi connectivity index (χ2n) is 8.85. The molecule has 0 fully saturated rings. The third-order valence-corrected chi connectivity index (χ3v) is 5.88. The molecule has 9 nitrogen and oxygen atoms in total. The van der Waals surface area contributed by atoms with Gasteiger partial charge in [-0.25, -0.2) is 0 Å². The van der Waals surface area contributed by atoms with Crippen molar-refractivity contribution in [3.8, 4) is 5.75 Å². The molecule has 4 unspecified atom stereocenters. The van der Waals surface area contributed by atoms with Gasteiger partial charge in [0.1, 0.15) is 11.9 Å². The van der Waals surface area contributed by atoms with E-state index in [1.807, 2.05) is 6.07 Å². The Hall–Kier alpha value is -1.91. The summed E-state index contributed by atoms with van der Waals surface area (Å²) in [6.07, 6.45) is 0.718. The van der Waals surface area contributed by atoms with Gasteiger partial charge in [0, 0.05) is 40.0 Å². The van der Waals surface area contributed by atoms with E-state index in [0.29, 0.717) is 37.5 Å². The topological polar surface area (TPSA) is 132 Å². The summed E-state index contributed by atoms with van der Waals surface area (Å²) in [6, 6.07) is 6.62. The minimum Gasteiger partial charge on any atom is -0.493 e. The zero-order valence-corrected chi connectivity index (χ0v) is 22.4. The van der Waals surface area contributed by atoms with Crippen LogP contribution in [0.15, 0.2) is 24.3 Å². The highest BCUT2D eigenvalue weighted by Crippen LogP contribution is 2.20. The number of para-hydroxylation sites is 1. The predicted molar refractivity (Wildman–Crippen MR) is 139 cm³/mol. The van der Waals surface area contributed by atoms with E-state index in [1.54, 1.807) is 32.2 Å². The molecule has 0 saturated heterocycles. The molecule has 0 bridgehead atoms. The van der Waals surface area contributed by atoms with E-state index < -0.39 is 18.2 Å². The van der Waals surface area contributed by atoms with Gasteiger partial charge in [-0.05, 0) is 50.2 Å². The van der Waals surface area contributed by atoms with Crippen LogP contribution in [0, 0.1) is 11.8 Å². The molecule has 10 heteroatoms. The van der Waals surface area contributed by atoms with Crippen LogP contribution in [0.5, 0.6) is 5.75 Å². The lowest BCUT2D eigenvalue weighted by atomic mass is 9.87. The van der Waals surface area contributed by atoms with Gasteiger partial charge in [0.05, 0.1) is 18.3 Å². The lowest BCUT2D eigenvalue weighted by molar-refractivity contribution is -0.130. The minimum absolute atomic E-state index is 0. The molecule has 0 spiro atoms. The molecule has 0 saturated carbocycles. The van der Waals surface area contributed by atoms with Gasteiger partial charge in [0.25, 0.3) is 5.91 Å². The monoisotopic (exact) mass is 517 g/mol. The van der Waals surface area contributed by atoms with Crippen molar-refractivity contribution in [3.05, 3.63) is 29.8 Å². The van der Waals surface area contributed by atoms with Gasteiger partial charge in [-0.1, -0.05) is 26.0 Å². The smallest absolute Gasteiger partial charge is 0.255 e. The summed E-state index contributed by atoms with van der Waals surface area (Å²) in [5, 5.41) is 16.0. The largest absolute Gasteiger partial charge is 0.493 e. The average molecular weight is 518 g/mol. The zero-order chi connectivity index (χ0) is 25.5. The van der Waals surface area contributed by atoms with E-state index in [-0.39, 0.29) is 42.6 Å². The number of carbonyl (C=O) groups is 2. The quantitative estimate of drug-likeness (QED) is 0.233. The number of hydrogen-bond acceptors (Lipinski definition) is 7. The number of nitrogens with two attached hydrogens (primary N) is 1. The molecule has 5 N–H and O–H groups in total. The van der Waals surface area contributed by atoms with Crippen LogP contribution in [0.1, 0.15) is 50.4 Å². The third kappa shape index (κ3) is 12.6. The van der Waals surface area contributed by atoms with Crippen molar-refractivity contribution in [2.24, 2.45) is 17.6 Å². The van der Waals surface area contributed by atoms with Crippen LogP contribution >= 0.6 is 12.4 Å². The number of carbonyl (C=O) groups excluding carboxylic acids is 2. The van der Waals surface area contributed by atoms with Crippen molar-refractivity contribution in [2.45, 2.75) is 58.3 Å². The van der Waals surface area contributed by atoms with Gasteiger partial charge >= 0.3 is 0 Å².